The monoisotopic (exact) mass is 1020 g/mol. The normalized spacial score (nSPS) is 13.1. The summed E-state index contributed by atoms with van der Waals surface area (Å²) in [6, 6.07) is 33.5. The van der Waals surface area contributed by atoms with E-state index in [4.69, 9.17) is 11.5 Å². The Balaban J connectivity index is 0.920. The topological polar surface area (TPSA) is 209 Å². The van der Waals surface area contributed by atoms with Gasteiger partial charge in [-0.05, 0) is 128 Å². The lowest BCUT2D eigenvalue weighted by Gasteiger charge is -2.17. The maximum absolute atomic E-state index is 15.0. The first kappa shape index (κ1) is 45.4. The van der Waals surface area contributed by atoms with Crippen molar-refractivity contribution in [3.8, 4) is 43.4 Å². The zero-order valence-corrected chi connectivity index (χ0v) is 41.6. The van der Waals surface area contributed by atoms with E-state index in [-0.39, 0.29) is 30.6 Å². The van der Waals surface area contributed by atoms with Crippen LogP contribution in [0.5, 0.6) is 0 Å². The van der Waals surface area contributed by atoms with Crippen LogP contribution in [0.25, 0.3) is 76.3 Å². The number of hydrogen-bond donors (Lipinski definition) is 5. The molecular weight excluding hydrogens is 973 g/mol. The highest BCUT2D eigenvalue weighted by molar-refractivity contribution is 7.98. The van der Waals surface area contributed by atoms with E-state index in [1.54, 1.807) is 69.1 Å². The van der Waals surface area contributed by atoms with Crippen molar-refractivity contribution >= 4 is 96.5 Å². The van der Waals surface area contributed by atoms with Crippen molar-refractivity contribution in [3.63, 3.8) is 0 Å². The van der Waals surface area contributed by atoms with Crippen LogP contribution < -0.4 is 21.7 Å². The Kier molecular flexibility index (Phi) is 11.3. The van der Waals surface area contributed by atoms with Crippen molar-refractivity contribution in [2.45, 2.75) is 18.2 Å². The second kappa shape index (κ2) is 18.2. The van der Waals surface area contributed by atoms with Gasteiger partial charge in [-0.2, -0.15) is 5.10 Å². The minimum absolute atomic E-state index is 0.144. The van der Waals surface area contributed by atoms with Crippen LogP contribution in [0.4, 0.5) is 11.4 Å². The van der Waals surface area contributed by atoms with E-state index in [0.717, 1.165) is 76.3 Å². The van der Waals surface area contributed by atoms with E-state index in [0.29, 0.717) is 63.2 Å². The van der Waals surface area contributed by atoms with E-state index in [9.17, 15) is 14.4 Å². The van der Waals surface area contributed by atoms with Crippen molar-refractivity contribution in [2.24, 2.45) is 5.73 Å². The van der Waals surface area contributed by atoms with Crippen LogP contribution in [-0.2, 0) is 13.1 Å². The molecule has 0 bridgehead atoms. The molecule has 0 unspecified atom stereocenters. The predicted molar refractivity (Wildman–Crippen MR) is 290 cm³/mol. The number of primary amides is 1. The summed E-state index contributed by atoms with van der Waals surface area (Å²) in [6.07, 6.45) is 5.17. The smallest absolute Gasteiger partial charge is 0.289 e. The number of pyridine rings is 1. The molecule has 10 aromatic rings. The number of thiophene rings is 2. The molecule has 0 radical (unpaired) electrons. The number of H-pyrrole nitrogens is 2. The molecule has 2 aliphatic rings. The molecule has 73 heavy (non-hydrogen) atoms. The molecule has 0 aliphatic carbocycles. The number of fused-ring (bicyclic) bond motifs is 4. The molecule has 0 saturated heterocycles. The van der Waals surface area contributed by atoms with Crippen LogP contribution >= 0.6 is 34.4 Å². The molecule has 0 fully saturated rings. The van der Waals surface area contributed by atoms with Crippen LogP contribution in [0, 0.1) is 0 Å². The molecular formula is C55H43N12O3S3+. The molecule has 8 heterocycles. The SMILES string of the molecule is C=C(CN1Cc2c(-c3ccc4[nH]nc(-c5cccs5)c4c3)ccc(N[n+]3[nH]c4ccc(-c5ccc(N)c6c5CN(CC(=C)c5ccnc(SC)n5)C6=O)cc4c3-c3cccs3)c2C1=O)c1ccc(C(N)=O)nc1. The van der Waals surface area contributed by atoms with Gasteiger partial charge in [0, 0.05) is 54.4 Å². The average Bonchev–Trinajstić information content (AvgIpc) is 4.29. The van der Waals surface area contributed by atoms with Crippen LogP contribution in [0.15, 0.2) is 145 Å². The van der Waals surface area contributed by atoms with Gasteiger partial charge in [-0.3, -0.25) is 24.5 Å². The molecule has 15 nitrogen and oxygen atoms in total. The Labute approximate surface area is 429 Å². The largest absolute Gasteiger partial charge is 0.398 e. The van der Waals surface area contributed by atoms with Gasteiger partial charge in [0.15, 0.2) is 5.16 Å². The third-order valence-electron chi connectivity index (χ3n) is 13.4. The molecule has 7 N–H and O–H groups in total. The number of aromatic nitrogens is 7. The Hall–Kier alpha value is -8.71. The highest BCUT2D eigenvalue weighted by Crippen LogP contribution is 2.42. The summed E-state index contributed by atoms with van der Waals surface area (Å²) >= 11 is 4.67. The summed E-state index contributed by atoms with van der Waals surface area (Å²) in [7, 11) is 0. The number of thioether (sulfide) groups is 1. The number of carbonyl (C=O) groups is 3. The van der Waals surface area contributed by atoms with Gasteiger partial charge < -0.3 is 21.3 Å². The van der Waals surface area contributed by atoms with E-state index in [1.165, 1.54) is 11.8 Å². The van der Waals surface area contributed by atoms with Gasteiger partial charge in [0.2, 0.25) is 0 Å². The summed E-state index contributed by atoms with van der Waals surface area (Å²) in [5.74, 6) is -0.955. The molecule has 2 aliphatic heterocycles. The van der Waals surface area contributed by atoms with Crippen LogP contribution in [0.2, 0.25) is 0 Å². The van der Waals surface area contributed by atoms with Crippen LogP contribution in [-0.4, -0.2) is 77.1 Å². The van der Waals surface area contributed by atoms with Crippen molar-refractivity contribution in [1.82, 2.24) is 40.0 Å². The summed E-state index contributed by atoms with van der Waals surface area (Å²) in [6.45, 7) is 9.76. The average molecular weight is 1020 g/mol. The zero-order chi connectivity index (χ0) is 50.1. The standard InChI is InChI=1S/C55H42N12O3S3/c1-29(33-10-16-45(52(57)68)59-24-33)25-65-28-39-35(31-8-14-42-36(22-31)50(62-61-42)46-6-4-20-72-46)12-17-44(49(39)54(65)70)64-67-51(47-7-5-21-73-47)37-23-32(9-15-43(37)63-67)34-11-13-40(56)48-38(34)27-66(53(48)69)26-30(2)41-18-19-58-55(60-41)71-3/h4-24H,1-2,25-28H2,3H3,(H6,56,57,59,61,62,64,68,69,70)/p+1. The van der Waals surface area contributed by atoms with Crippen LogP contribution in [0.3, 0.4) is 0 Å². The molecule has 12 rings (SSSR count). The first-order valence-electron chi connectivity index (χ1n) is 23.1. The summed E-state index contributed by atoms with van der Waals surface area (Å²) in [5.41, 5.74) is 29.4. The van der Waals surface area contributed by atoms with Gasteiger partial charge in [-0.15, -0.1) is 33.2 Å². The van der Waals surface area contributed by atoms with Gasteiger partial charge in [0.1, 0.15) is 27.5 Å². The highest BCUT2D eigenvalue weighted by Gasteiger charge is 2.36. The molecule has 4 aromatic carbocycles. The third-order valence-corrected chi connectivity index (χ3v) is 15.7. The highest BCUT2D eigenvalue weighted by atomic mass is 32.2. The van der Waals surface area contributed by atoms with Crippen LogP contribution in [0.1, 0.15) is 53.6 Å². The second-order valence-corrected chi connectivity index (χ2v) is 20.4. The fraction of sp³-hybridized carbons (Fsp3) is 0.0909. The molecule has 0 saturated carbocycles. The van der Waals surface area contributed by atoms with Gasteiger partial charge in [0.25, 0.3) is 23.4 Å². The number of amides is 3. The second-order valence-electron chi connectivity index (χ2n) is 17.8. The fourth-order valence-electron chi connectivity index (χ4n) is 9.83. The first-order chi connectivity index (χ1) is 35.5. The van der Waals surface area contributed by atoms with E-state index in [1.807, 2.05) is 64.3 Å². The maximum atomic E-state index is 15.0. The number of nitrogens with two attached hydrogens (primary N) is 2. The molecule has 18 heteroatoms. The number of nitrogens with zero attached hydrogens (tertiary/aromatic N) is 7. The van der Waals surface area contributed by atoms with Crippen molar-refractivity contribution in [2.75, 3.05) is 30.5 Å². The number of carbonyl (C=O) groups excluding carboxylic acids is 3. The maximum Gasteiger partial charge on any atom is 0.289 e. The predicted octanol–water partition coefficient (Wildman–Crippen LogP) is 9.92. The third kappa shape index (κ3) is 8.01. The van der Waals surface area contributed by atoms with E-state index < -0.39 is 5.91 Å². The van der Waals surface area contributed by atoms with Gasteiger partial charge in [-0.25, -0.2) is 9.97 Å². The number of anilines is 2. The number of hydrogen-bond acceptors (Lipinski definition) is 12. The summed E-state index contributed by atoms with van der Waals surface area (Å²) in [5, 5.41) is 18.0. The first-order valence-corrected chi connectivity index (χ1v) is 26.1. The Morgan fingerprint density at radius 3 is 2.16 bits per heavy atom. The van der Waals surface area contributed by atoms with Crippen molar-refractivity contribution < 1.29 is 19.2 Å². The van der Waals surface area contributed by atoms with E-state index in [2.05, 4.69) is 85.2 Å². The lowest BCUT2D eigenvalue weighted by Crippen LogP contribution is -2.46. The molecule has 6 aromatic heterocycles. The minimum atomic E-state index is -0.625. The van der Waals surface area contributed by atoms with Crippen molar-refractivity contribution in [3.05, 3.63) is 179 Å². The number of benzene rings is 4. The van der Waals surface area contributed by atoms with E-state index >= 15 is 0 Å². The van der Waals surface area contributed by atoms with Gasteiger partial charge in [-0.1, -0.05) is 67.4 Å². The van der Waals surface area contributed by atoms with Crippen molar-refractivity contribution in [1.29, 1.82) is 0 Å². The Morgan fingerprint density at radius 1 is 0.781 bits per heavy atom. The molecule has 0 spiro atoms. The Morgan fingerprint density at radius 2 is 1.47 bits per heavy atom. The van der Waals surface area contributed by atoms with Gasteiger partial charge >= 0.3 is 0 Å². The summed E-state index contributed by atoms with van der Waals surface area (Å²) in [4.78, 5) is 61.4. The fourth-order valence-corrected chi connectivity index (χ4v) is 11.7. The summed E-state index contributed by atoms with van der Waals surface area (Å²) < 4.78 is 0. The number of nitrogens with one attached hydrogen (secondary N) is 3. The molecule has 0 atom stereocenters. The quantitative estimate of drug-likeness (QED) is 0.0301. The number of nitrogen functional groups attached to an aromatic ring is 1. The lowest BCUT2D eigenvalue weighted by molar-refractivity contribution is -0.686. The lowest BCUT2D eigenvalue weighted by atomic mass is 9.94. The Bertz CT molecular complexity index is 3920. The molecule has 358 valence electrons. The molecule has 3 amide bonds. The van der Waals surface area contributed by atoms with Gasteiger partial charge in [0.05, 0.1) is 32.6 Å². The zero-order valence-electron chi connectivity index (χ0n) is 39.1. The number of rotatable bonds is 14. The number of aromatic amines is 2. The minimum Gasteiger partial charge on any atom is -0.398 e.